The number of piperidine rings is 1. The van der Waals surface area contributed by atoms with Gasteiger partial charge < -0.3 is 21.1 Å². The van der Waals surface area contributed by atoms with Gasteiger partial charge in [-0.2, -0.15) is 0 Å². The Morgan fingerprint density at radius 2 is 1.97 bits per heavy atom. The fraction of sp³-hybridized carbons (Fsp3) is 0.417. The van der Waals surface area contributed by atoms with Crippen molar-refractivity contribution in [2.45, 2.75) is 25.2 Å². The van der Waals surface area contributed by atoms with E-state index in [9.17, 15) is 9.18 Å². The van der Waals surface area contributed by atoms with Gasteiger partial charge in [-0.25, -0.2) is 19.3 Å². The van der Waals surface area contributed by atoms with Crippen LogP contribution in [-0.4, -0.2) is 77.4 Å². The first-order chi connectivity index (χ1) is 16.6. The van der Waals surface area contributed by atoms with Gasteiger partial charge >= 0.3 is 0 Å². The number of pyridine rings is 1. The fourth-order valence-electron chi connectivity index (χ4n) is 4.47. The number of morpholine rings is 1. The summed E-state index contributed by atoms with van der Waals surface area (Å²) in [7, 11) is 0. The summed E-state index contributed by atoms with van der Waals surface area (Å²) in [4.78, 5) is 28.0. The van der Waals surface area contributed by atoms with Crippen LogP contribution in [0.15, 0.2) is 36.7 Å². The van der Waals surface area contributed by atoms with E-state index in [1.54, 1.807) is 6.07 Å². The zero-order chi connectivity index (χ0) is 23.5. The summed E-state index contributed by atoms with van der Waals surface area (Å²) in [5.74, 6) is -0.135. The number of hydrogen-bond donors (Lipinski definition) is 3. The molecule has 5 rings (SSSR count). The molecule has 4 N–H and O–H groups in total. The number of nitrogens with zero attached hydrogens (tertiary/aromatic N) is 4. The summed E-state index contributed by atoms with van der Waals surface area (Å²) in [5.41, 5.74) is 9.41. The van der Waals surface area contributed by atoms with Gasteiger partial charge in [-0.3, -0.25) is 9.69 Å². The van der Waals surface area contributed by atoms with Crippen LogP contribution in [0.2, 0.25) is 0 Å². The number of fused-ring (bicyclic) bond motifs is 1. The molecule has 178 valence electrons. The number of benzene rings is 1. The molecule has 0 spiro atoms. The molecule has 9 nitrogen and oxygen atoms in total. The Kier molecular flexibility index (Phi) is 6.61. The molecule has 0 saturated carbocycles. The molecule has 1 aromatic carbocycles. The first-order valence-corrected chi connectivity index (χ1v) is 11.5. The Labute approximate surface area is 196 Å². The van der Waals surface area contributed by atoms with Gasteiger partial charge in [0, 0.05) is 50.7 Å². The van der Waals surface area contributed by atoms with Crippen molar-refractivity contribution in [3.05, 3.63) is 47.8 Å². The van der Waals surface area contributed by atoms with Crippen LogP contribution in [0.3, 0.4) is 0 Å². The van der Waals surface area contributed by atoms with Crippen LogP contribution >= 0.6 is 0 Å². The molecule has 2 unspecified atom stereocenters. The summed E-state index contributed by atoms with van der Waals surface area (Å²) in [6.07, 6.45) is 0.799. The van der Waals surface area contributed by atoms with Gasteiger partial charge in [0.05, 0.1) is 24.5 Å². The number of carbonyl (C=O) groups is 1. The van der Waals surface area contributed by atoms with E-state index in [2.05, 4.69) is 37.6 Å². The van der Waals surface area contributed by atoms with Gasteiger partial charge in [-0.05, 0) is 11.6 Å². The smallest absolute Gasteiger partial charge is 0.251 e. The number of carbonyl (C=O) groups excluding carboxylic acids is 1. The van der Waals surface area contributed by atoms with Crippen molar-refractivity contribution in [3.8, 4) is 11.3 Å². The molecule has 4 heterocycles. The number of primary amides is 1. The van der Waals surface area contributed by atoms with Crippen LogP contribution in [0.4, 0.5) is 10.2 Å². The second-order valence-electron chi connectivity index (χ2n) is 8.76. The third kappa shape index (κ3) is 4.98. The van der Waals surface area contributed by atoms with E-state index in [4.69, 9.17) is 15.5 Å². The van der Waals surface area contributed by atoms with Crippen molar-refractivity contribution >= 4 is 22.8 Å². The standard InChI is InChI=1S/C24H28FN7O2/c25-17-9-18(12-27-11-17)30-24-22-21(28-14-29-24)19(23(26)33)10-20(31-22)16-3-1-15(2-4-16)13-32-5-7-34-8-6-32/h1-4,10,14,17-18,27H,5-9,11-13H2,(H2,26,33)(H,28,29,30). The van der Waals surface area contributed by atoms with Gasteiger partial charge in [-0.1, -0.05) is 24.3 Å². The van der Waals surface area contributed by atoms with Crippen LogP contribution in [-0.2, 0) is 11.3 Å². The molecule has 3 aromatic rings. The molecule has 0 bridgehead atoms. The van der Waals surface area contributed by atoms with E-state index >= 15 is 0 Å². The molecule has 0 radical (unpaired) electrons. The van der Waals surface area contributed by atoms with Gasteiger partial charge in [0.15, 0.2) is 5.82 Å². The quantitative estimate of drug-likeness (QED) is 0.504. The third-order valence-corrected chi connectivity index (χ3v) is 6.25. The SMILES string of the molecule is NC(=O)c1cc(-c2ccc(CN3CCOCC3)cc2)nc2c(NC3CNCC(F)C3)ncnc12. The number of aromatic nitrogens is 3. The van der Waals surface area contributed by atoms with Crippen molar-refractivity contribution in [3.63, 3.8) is 0 Å². The van der Waals surface area contributed by atoms with Gasteiger partial charge in [0.1, 0.15) is 23.5 Å². The zero-order valence-electron chi connectivity index (χ0n) is 18.8. The number of alkyl halides is 1. The molecule has 2 fully saturated rings. The molecule has 10 heteroatoms. The van der Waals surface area contributed by atoms with Crippen LogP contribution in [0.1, 0.15) is 22.3 Å². The zero-order valence-corrected chi connectivity index (χ0v) is 18.8. The molecule has 2 aromatic heterocycles. The number of rotatable bonds is 6. The lowest BCUT2D eigenvalue weighted by Crippen LogP contribution is -2.44. The Balaban J connectivity index is 1.46. The molecule has 34 heavy (non-hydrogen) atoms. The summed E-state index contributed by atoms with van der Waals surface area (Å²) in [6.45, 7) is 5.18. The first-order valence-electron chi connectivity index (χ1n) is 11.5. The number of halogens is 1. The van der Waals surface area contributed by atoms with Crippen molar-refractivity contribution in [2.75, 3.05) is 44.7 Å². The molecule has 0 aliphatic carbocycles. The predicted molar refractivity (Wildman–Crippen MR) is 127 cm³/mol. The average Bonchev–Trinajstić information content (AvgIpc) is 2.85. The second kappa shape index (κ2) is 9.96. The highest BCUT2D eigenvalue weighted by atomic mass is 19.1. The summed E-state index contributed by atoms with van der Waals surface area (Å²) >= 11 is 0. The summed E-state index contributed by atoms with van der Waals surface area (Å²) in [6, 6.07) is 9.63. The van der Waals surface area contributed by atoms with Gasteiger partial charge in [0.25, 0.3) is 5.91 Å². The third-order valence-electron chi connectivity index (χ3n) is 6.25. The minimum absolute atomic E-state index is 0.149. The Bertz CT molecular complexity index is 1170. The Morgan fingerprint density at radius 1 is 1.18 bits per heavy atom. The minimum atomic E-state index is -0.931. The van der Waals surface area contributed by atoms with Gasteiger partial charge in [-0.15, -0.1) is 0 Å². The van der Waals surface area contributed by atoms with E-state index in [0.717, 1.165) is 38.4 Å². The molecular formula is C24H28FN7O2. The lowest BCUT2D eigenvalue weighted by atomic mass is 10.0. The number of nitrogens with two attached hydrogens (primary N) is 1. The van der Waals surface area contributed by atoms with Crippen molar-refractivity contribution in [1.82, 2.24) is 25.2 Å². The fourth-order valence-corrected chi connectivity index (χ4v) is 4.47. The number of ether oxygens (including phenoxy) is 1. The molecule has 2 saturated heterocycles. The monoisotopic (exact) mass is 465 g/mol. The number of hydrogen-bond acceptors (Lipinski definition) is 8. The van der Waals surface area contributed by atoms with Crippen LogP contribution in [0.5, 0.6) is 0 Å². The van der Waals surface area contributed by atoms with E-state index in [1.807, 2.05) is 12.1 Å². The van der Waals surface area contributed by atoms with Crippen molar-refractivity contribution in [2.24, 2.45) is 5.73 Å². The molecule has 2 aliphatic heterocycles. The molecule has 2 atom stereocenters. The van der Waals surface area contributed by atoms with E-state index in [1.165, 1.54) is 11.9 Å². The molecular weight excluding hydrogens is 437 g/mol. The minimum Gasteiger partial charge on any atom is -0.379 e. The maximum atomic E-state index is 13.9. The predicted octanol–water partition coefficient (Wildman–Crippen LogP) is 1.73. The largest absolute Gasteiger partial charge is 0.379 e. The van der Waals surface area contributed by atoms with Crippen LogP contribution < -0.4 is 16.4 Å². The normalized spacial score (nSPS) is 21.4. The lowest BCUT2D eigenvalue weighted by Gasteiger charge is -2.27. The highest BCUT2D eigenvalue weighted by Gasteiger charge is 2.23. The summed E-state index contributed by atoms with van der Waals surface area (Å²) < 4.78 is 19.3. The van der Waals surface area contributed by atoms with E-state index < -0.39 is 12.1 Å². The maximum Gasteiger partial charge on any atom is 0.251 e. The number of amides is 1. The summed E-state index contributed by atoms with van der Waals surface area (Å²) in [5, 5.41) is 6.34. The maximum absolute atomic E-state index is 13.9. The first kappa shape index (κ1) is 22.6. The number of nitrogens with one attached hydrogen (secondary N) is 2. The van der Waals surface area contributed by atoms with Gasteiger partial charge in [0.2, 0.25) is 0 Å². The highest BCUT2D eigenvalue weighted by molar-refractivity contribution is 6.06. The van der Waals surface area contributed by atoms with Crippen molar-refractivity contribution in [1.29, 1.82) is 0 Å². The molecule has 1 amide bonds. The average molecular weight is 466 g/mol. The Morgan fingerprint density at radius 3 is 2.71 bits per heavy atom. The number of anilines is 1. The molecule has 2 aliphatic rings. The van der Waals surface area contributed by atoms with E-state index in [0.29, 0.717) is 42.1 Å². The highest BCUT2D eigenvalue weighted by Crippen LogP contribution is 2.28. The lowest BCUT2D eigenvalue weighted by molar-refractivity contribution is 0.0342. The van der Waals surface area contributed by atoms with Crippen molar-refractivity contribution < 1.29 is 13.9 Å². The Hall–Kier alpha value is -3.21. The van der Waals surface area contributed by atoms with Crippen LogP contribution in [0.25, 0.3) is 22.3 Å². The van der Waals surface area contributed by atoms with Crippen LogP contribution in [0, 0.1) is 0 Å². The van der Waals surface area contributed by atoms with E-state index in [-0.39, 0.29) is 11.6 Å². The topological polar surface area (TPSA) is 118 Å². The second-order valence-corrected chi connectivity index (χ2v) is 8.76.